The second-order valence-corrected chi connectivity index (χ2v) is 5.15. The fourth-order valence-electron chi connectivity index (χ4n) is 1.50. The lowest BCUT2D eigenvalue weighted by Gasteiger charge is -2.37. The summed E-state index contributed by atoms with van der Waals surface area (Å²) in [5.74, 6) is 0.595. The van der Waals surface area contributed by atoms with Crippen molar-refractivity contribution in [1.82, 2.24) is 10.2 Å². The van der Waals surface area contributed by atoms with E-state index in [1.54, 1.807) is 0 Å². The zero-order valence-corrected chi connectivity index (χ0v) is 9.76. The molecule has 0 saturated carbocycles. The standard InChI is InChI=1S/C11H22N2O/c1-9(2)11(3,4)8-13-7-5-6-12-10(13)14/h9H,5-8H2,1-4H3,(H,12,14). The molecule has 0 radical (unpaired) electrons. The Hall–Kier alpha value is -0.730. The molecule has 0 unspecified atom stereocenters. The average Bonchev–Trinajstić information content (AvgIpc) is 2.08. The number of urea groups is 1. The first-order valence-corrected chi connectivity index (χ1v) is 5.46. The molecule has 0 bridgehead atoms. The molecule has 14 heavy (non-hydrogen) atoms. The van der Waals surface area contributed by atoms with Gasteiger partial charge in [-0.2, -0.15) is 0 Å². The molecule has 0 aromatic rings. The normalized spacial score (nSPS) is 18.6. The summed E-state index contributed by atoms with van der Waals surface area (Å²) in [4.78, 5) is 13.4. The SMILES string of the molecule is CC(C)C(C)(C)CN1CCCNC1=O. The van der Waals surface area contributed by atoms with Gasteiger partial charge in [0.05, 0.1) is 0 Å². The second-order valence-electron chi connectivity index (χ2n) is 5.15. The van der Waals surface area contributed by atoms with E-state index in [0.29, 0.717) is 5.92 Å². The first-order valence-electron chi connectivity index (χ1n) is 5.46. The quantitative estimate of drug-likeness (QED) is 0.740. The Labute approximate surface area is 86.9 Å². The average molecular weight is 198 g/mol. The van der Waals surface area contributed by atoms with Gasteiger partial charge in [0.1, 0.15) is 0 Å². The van der Waals surface area contributed by atoms with Gasteiger partial charge in [0.25, 0.3) is 0 Å². The first kappa shape index (κ1) is 11.3. The molecule has 0 aromatic heterocycles. The Morgan fingerprint density at radius 2 is 2.14 bits per heavy atom. The molecular weight excluding hydrogens is 176 g/mol. The molecule has 1 rings (SSSR count). The molecule has 1 aliphatic heterocycles. The molecule has 0 aliphatic carbocycles. The van der Waals surface area contributed by atoms with Crippen molar-refractivity contribution in [2.75, 3.05) is 19.6 Å². The molecule has 1 saturated heterocycles. The fourth-order valence-corrected chi connectivity index (χ4v) is 1.50. The number of nitrogens with one attached hydrogen (secondary N) is 1. The van der Waals surface area contributed by atoms with Gasteiger partial charge >= 0.3 is 6.03 Å². The van der Waals surface area contributed by atoms with Gasteiger partial charge in [0.15, 0.2) is 0 Å². The van der Waals surface area contributed by atoms with Gasteiger partial charge in [-0.05, 0) is 17.8 Å². The number of amides is 2. The van der Waals surface area contributed by atoms with Crippen molar-refractivity contribution in [2.24, 2.45) is 11.3 Å². The highest BCUT2D eigenvalue weighted by Crippen LogP contribution is 2.27. The smallest absolute Gasteiger partial charge is 0.317 e. The second kappa shape index (κ2) is 4.20. The molecule has 1 aliphatic rings. The van der Waals surface area contributed by atoms with Crippen molar-refractivity contribution in [2.45, 2.75) is 34.1 Å². The van der Waals surface area contributed by atoms with E-state index in [0.717, 1.165) is 26.1 Å². The first-order chi connectivity index (χ1) is 6.43. The number of nitrogens with zero attached hydrogens (tertiary/aromatic N) is 1. The van der Waals surface area contributed by atoms with E-state index in [1.807, 2.05) is 4.90 Å². The lowest BCUT2D eigenvalue weighted by molar-refractivity contribution is 0.131. The third kappa shape index (κ3) is 2.63. The number of rotatable bonds is 3. The Bertz CT molecular complexity index is 211. The van der Waals surface area contributed by atoms with Gasteiger partial charge in [-0.3, -0.25) is 0 Å². The summed E-state index contributed by atoms with van der Waals surface area (Å²) in [5.41, 5.74) is 0.203. The molecule has 82 valence electrons. The number of hydrogen-bond donors (Lipinski definition) is 1. The van der Waals surface area contributed by atoms with Crippen LogP contribution in [0.4, 0.5) is 4.79 Å². The molecule has 3 nitrogen and oxygen atoms in total. The third-order valence-corrected chi connectivity index (χ3v) is 3.33. The van der Waals surface area contributed by atoms with Gasteiger partial charge in [-0.15, -0.1) is 0 Å². The molecule has 3 heteroatoms. The minimum absolute atomic E-state index is 0.102. The van der Waals surface area contributed by atoms with Gasteiger partial charge in [-0.1, -0.05) is 27.7 Å². The maximum absolute atomic E-state index is 11.5. The van der Waals surface area contributed by atoms with Gasteiger partial charge < -0.3 is 10.2 Å². The lowest BCUT2D eigenvalue weighted by atomic mass is 9.80. The van der Waals surface area contributed by atoms with E-state index in [1.165, 1.54) is 0 Å². The van der Waals surface area contributed by atoms with Crippen molar-refractivity contribution in [3.05, 3.63) is 0 Å². The van der Waals surface area contributed by atoms with Gasteiger partial charge in [0.2, 0.25) is 0 Å². The fraction of sp³-hybridized carbons (Fsp3) is 0.909. The maximum atomic E-state index is 11.5. The van der Waals surface area contributed by atoms with Crippen molar-refractivity contribution in [3.63, 3.8) is 0 Å². The molecule has 2 amide bonds. The van der Waals surface area contributed by atoms with Crippen molar-refractivity contribution >= 4 is 6.03 Å². The highest BCUT2D eigenvalue weighted by atomic mass is 16.2. The van der Waals surface area contributed by atoms with Gasteiger partial charge in [0, 0.05) is 19.6 Å². The zero-order valence-electron chi connectivity index (χ0n) is 9.76. The monoisotopic (exact) mass is 198 g/mol. The molecule has 0 atom stereocenters. The van der Waals surface area contributed by atoms with Crippen molar-refractivity contribution in [1.29, 1.82) is 0 Å². The molecule has 0 spiro atoms. The molecule has 1 fully saturated rings. The third-order valence-electron chi connectivity index (χ3n) is 3.33. The summed E-state index contributed by atoms with van der Waals surface area (Å²) in [6, 6.07) is 0.102. The highest BCUT2D eigenvalue weighted by molar-refractivity contribution is 5.74. The van der Waals surface area contributed by atoms with Crippen LogP contribution >= 0.6 is 0 Å². The summed E-state index contributed by atoms with van der Waals surface area (Å²) in [6.45, 7) is 11.5. The maximum Gasteiger partial charge on any atom is 0.317 e. The largest absolute Gasteiger partial charge is 0.338 e. The van der Waals surface area contributed by atoms with E-state index in [-0.39, 0.29) is 11.4 Å². The number of hydrogen-bond acceptors (Lipinski definition) is 1. The lowest BCUT2D eigenvalue weighted by Crippen LogP contribution is -2.50. The van der Waals surface area contributed by atoms with Gasteiger partial charge in [-0.25, -0.2) is 4.79 Å². The minimum Gasteiger partial charge on any atom is -0.338 e. The Kier molecular flexibility index (Phi) is 3.40. The van der Waals surface area contributed by atoms with Crippen LogP contribution in [0.25, 0.3) is 0 Å². The Balaban J connectivity index is 2.53. The van der Waals surface area contributed by atoms with Crippen molar-refractivity contribution in [3.8, 4) is 0 Å². The molecule has 1 N–H and O–H groups in total. The Morgan fingerprint density at radius 1 is 1.50 bits per heavy atom. The summed E-state index contributed by atoms with van der Waals surface area (Å²) in [5, 5.41) is 2.88. The van der Waals surface area contributed by atoms with E-state index in [2.05, 4.69) is 33.0 Å². The Morgan fingerprint density at radius 3 is 2.64 bits per heavy atom. The van der Waals surface area contributed by atoms with E-state index in [9.17, 15) is 4.79 Å². The van der Waals surface area contributed by atoms with Crippen molar-refractivity contribution < 1.29 is 4.79 Å². The van der Waals surface area contributed by atoms with E-state index >= 15 is 0 Å². The van der Waals surface area contributed by atoms with Crippen LogP contribution in [0.15, 0.2) is 0 Å². The van der Waals surface area contributed by atoms with Crippen LogP contribution in [0.1, 0.15) is 34.1 Å². The van der Waals surface area contributed by atoms with Crippen LogP contribution in [0.5, 0.6) is 0 Å². The topological polar surface area (TPSA) is 32.3 Å². The summed E-state index contributed by atoms with van der Waals surface area (Å²) < 4.78 is 0. The van der Waals surface area contributed by atoms with E-state index < -0.39 is 0 Å². The number of carbonyl (C=O) groups is 1. The zero-order chi connectivity index (χ0) is 10.8. The van der Waals surface area contributed by atoms with Crippen LogP contribution in [0, 0.1) is 11.3 Å². The predicted octanol–water partition coefficient (Wildman–Crippen LogP) is 2.08. The van der Waals surface area contributed by atoms with Crippen LogP contribution in [-0.2, 0) is 0 Å². The van der Waals surface area contributed by atoms with Crippen LogP contribution in [0.3, 0.4) is 0 Å². The van der Waals surface area contributed by atoms with Crippen LogP contribution in [0.2, 0.25) is 0 Å². The highest BCUT2D eigenvalue weighted by Gasteiger charge is 2.28. The molecule has 1 heterocycles. The molecular formula is C11H22N2O. The van der Waals surface area contributed by atoms with Crippen LogP contribution < -0.4 is 5.32 Å². The predicted molar refractivity (Wildman–Crippen MR) is 58.2 cm³/mol. The molecule has 0 aromatic carbocycles. The summed E-state index contributed by atoms with van der Waals surface area (Å²) >= 11 is 0. The van der Waals surface area contributed by atoms with E-state index in [4.69, 9.17) is 0 Å². The summed E-state index contributed by atoms with van der Waals surface area (Å²) in [6.07, 6.45) is 1.07. The minimum atomic E-state index is 0.102. The number of carbonyl (C=O) groups excluding carboxylic acids is 1. The van der Waals surface area contributed by atoms with Crippen LogP contribution in [-0.4, -0.2) is 30.6 Å². The summed E-state index contributed by atoms with van der Waals surface area (Å²) in [7, 11) is 0.